The predicted octanol–water partition coefficient (Wildman–Crippen LogP) is 4.79. The van der Waals surface area contributed by atoms with Crippen LogP contribution in [0.5, 0.6) is 0 Å². The van der Waals surface area contributed by atoms with Gasteiger partial charge in [0, 0.05) is 5.41 Å². The molecule has 0 spiro atoms. The van der Waals surface area contributed by atoms with Gasteiger partial charge in [0.1, 0.15) is 0 Å². The van der Waals surface area contributed by atoms with Gasteiger partial charge in [0.25, 0.3) is 0 Å². The van der Waals surface area contributed by atoms with Crippen LogP contribution in [0.15, 0.2) is 35.5 Å². The largest absolute Gasteiger partial charge is 0.388 e. The first-order valence-corrected chi connectivity index (χ1v) is 7.54. The molecule has 0 aromatic heterocycles. The van der Waals surface area contributed by atoms with E-state index in [1.807, 2.05) is 6.08 Å². The Morgan fingerprint density at radius 3 is 2.37 bits per heavy atom. The van der Waals surface area contributed by atoms with Gasteiger partial charge in [0.15, 0.2) is 0 Å². The van der Waals surface area contributed by atoms with Crippen LogP contribution in [0.25, 0.3) is 0 Å². The zero-order chi connectivity index (χ0) is 14.1. The summed E-state index contributed by atoms with van der Waals surface area (Å²) in [5.41, 5.74) is 3.03. The van der Waals surface area contributed by atoms with Crippen LogP contribution in [0.1, 0.15) is 59.8 Å². The number of aliphatic hydroxyl groups excluding tert-OH is 1. The molecule has 0 aromatic rings. The second-order valence-electron chi connectivity index (χ2n) is 7.21. The number of allylic oxidation sites excluding steroid dienone is 4. The average Bonchev–Trinajstić information content (AvgIpc) is 2.37. The van der Waals surface area contributed by atoms with Crippen molar-refractivity contribution in [3.8, 4) is 0 Å². The normalized spacial score (nSPS) is 40.2. The van der Waals surface area contributed by atoms with Crippen molar-refractivity contribution in [2.75, 3.05) is 0 Å². The minimum Gasteiger partial charge on any atom is -0.388 e. The second-order valence-corrected chi connectivity index (χ2v) is 7.21. The van der Waals surface area contributed by atoms with Gasteiger partial charge in [-0.3, -0.25) is 0 Å². The van der Waals surface area contributed by atoms with Gasteiger partial charge in [-0.05, 0) is 51.4 Å². The van der Waals surface area contributed by atoms with Gasteiger partial charge < -0.3 is 5.11 Å². The number of rotatable bonds is 2. The summed E-state index contributed by atoms with van der Waals surface area (Å²) >= 11 is 0. The van der Waals surface area contributed by atoms with Crippen molar-refractivity contribution in [2.24, 2.45) is 10.8 Å². The molecule has 0 aromatic carbocycles. The SMILES string of the molecule is CC1=CCC(C)(C=CC2(C)CCC(C)=CC2O)CC1. The third-order valence-corrected chi connectivity index (χ3v) is 5.05. The molecule has 1 heteroatoms. The van der Waals surface area contributed by atoms with Crippen molar-refractivity contribution < 1.29 is 5.11 Å². The molecule has 2 aliphatic carbocycles. The summed E-state index contributed by atoms with van der Waals surface area (Å²) in [7, 11) is 0. The van der Waals surface area contributed by atoms with Crippen LogP contribution in [-0.2, 0) is 0 Å². The van der Waals surface area contributed by atoms with E-state index in [2.05, 4.69) is 45.9 Å². The zero-order valence-corrected chi connectivity index (χ0v) is 12.9. The topological polar surface area (TPSA) is 20.2 Å². The lowest BCUT2D eigenvalue weighted by Gasteiger charge is -2.36. The fourth-order valence-corrected chi connectivity index (χ4v) is 2.98. The molecule has 0 saturated carbocycles. The Balaban J connectivity index is 2.10. The predicted molar refractivity (Wildman–Crippen MR) is 82.0 cm³/mol. The summed E-state index contributed by atoms with van der Waals surface area (Å²) in [6.45, 7) is 8.86. The van der Waals surface area contributed by atoms with Crippen LogP contribution in [0, 0.1) is 10.8 Å². The summed E-state index contributed by atoms with van der Waals surface area (Å²) < 4.78 is 0. The van der Waals surface area contributed by atoms with Crippen molar-refractivity contribution in [3.63, 3.8) is 0 Å². The molecule has 0 bridgehead atoms. The number of hydrogen-bond donors (Lipinski definition) is 1. The third kappa shape index (κ3) is 3.39. The minimum absolute atomic E-state index is 0.0846. The quantitative estimate of drug-likeness (QED) is 0.708. The van der Waals surface area contributed by atoms with E-state index in [0.717, 1.165) is 19.3 Å². The summed E-state index contributed by atoms with van der Waals surface area (Å²) in [6, 6.07) is 0. The lowest BCUT2D eigenvalue weighted by molar-refractivity contribution is 0.0964. The van der Waals surface area contributed by atoms with E-state index in [-0.39, 0.29) is 16.9 Å². The Morgan fingerprint density at radius 1 is 1.11 bits per heavy atom. The molecule has 3 unspecified atom stereocenters. The molecule has 3 atom stereocenters. The molecule has 2 aliphatic rings. The highest BCUT2D eigenvalue weighted by molar-refractivity contribution is 5.20. The maximum atomic E-state index is 10.3. The first kappa shape index (κ1) is 14.6. The Bertz CT molecular complexity index is 429. The molecule has 2 rings (SSSR count). The molecule has 106 valence electrons. The van der Waals surface area contributed by atoms with E-state index < -0.39 is 0 Å². The summed E-state index contributed by atoms with van der Waals surface area (Å²) in [5, 5.41) is 10.3. The van der Waals surface area contributed by atoms with E-state index in [4.69, 9.17) is 0 Å². The van der Waals surface area contributed by atoms with Gasteiger partial charge in [0.2, 0.25) is 0 Å². The Kier molecular flexibility index (Phi) is 4.06. The summed E-state index contributed by atoms with van der Waals surface area (Å²) in [6.07, 6.45) is 14.5. The van der Waals surface area contributed by atoms with Crippen molar-refractivity contribution >= 4 is 0 Å². The summed E-state index contributed by atoms with van der Waals surface area (Å²) in [4.78, 5) is 0. The smallest absolute Gasteiger partial charge is 0.0811 e. The van der Waals surface area contributed by atoms with Crippen LogP contribution in [-0.4, -0.2) is 11.2 Å². The molecule has 19 heavy (non-hydrogen) atoms. The third-order valence-electron chi connectivity index (χ3n) is 5.05. The minimum atomic E-state index is -0.332. The molecule has 0 fully saturated rings. The fraction of sp³-hybridized carbons (Fsp3) is 0.667. The van der Waals surface area contributed by atoms with Crippen LogP contribution in [0.2, 0.25) is 0 Å². The zero-order valence-electron chi connectivity index (χ0n) is 12.9. The van der Waals surface area contributed by atoms with Crippen LogP contribution in [0.3, 0.4) is 0 Å². The maximum Gasteiger partial charge on any atom is 0.0811 e. The highest BCUT2D eigenvalue weighted by Crippen LogP contribution is 2.41. The maximum absolute atomic E-state index is 10.3. The van der Waals surface area contributed by atoms with Crippen molar-refractivity contribution in [1.29, 1.82) is 0 Å². The van der Waals surface area contributed by atoms with Crippen LogP contribution < -0.4 is 0 Å². The van der Waals surface area contributed by atoms with Crippen molar-refractivity contribution in [2.45, 2.75) is 65.9 Å². The highest BCUT2D eigenvalue weighted by Gasteiger charge is 2.33. The van der Waals surface area contributed by atoms with Gasteiger partial charge in [-0.15, -0.1) is 0 Å². The van der Waals surface area contributed by atoms with Gasteiger partial charge in [0.05, 0.1) is 6.10 Å². The number of hydrogen-bond acceptors (Lipinski definition) is 1. The molecule has 0 aliphatic heterocycles. The molecular weight excluding hydrogens is 232 g/mol. The Morgan fingerprint density at radius 2 is 1.79 bits per heavy atom. The van der Waals surface area contributed by atoms with E-state index in [9.17, 15) is 5.11 Å². The molecule has 0 radical (unpaired) electrons. The van der Waals surface area contributed by atoms with E-state index in [1.165, 1.54) is 24.0 Å². The van der Waals surface area contributed by atoms with Gasteiger partial charge in [-0.25, -0.2) is 0 Å². The van der Waals surface area contributed by atoms with E-state index in [0.29, 0.717) is 0 Å². The van der Waals surface area contributed by atoms with Gasteiger partial charge in [-0.1, -0.05) is 49.3 Å². The van der Waals surface area contributed by atoms with Gasteiger partial charge >= 0.3 is 0 Å². The molecule has 1 N–H and O–H groups in total. The van der Waals surface area contributed by atoms with E-state index in [1.54, 1.807) is 0 Å². The summed E-state index contributed by atoms with van der Waals surface area (Å²) in [5.74, 6) is 0. The van der Waals surface area contributed by atoms with E-state index >= 15 is 0 Å². The average molecular weight is 260 g/mol. The standard InChI is InChI=1S/C18H28O/c1-14-5-8-17(3,9-6-14)11-12-18(4)10-7-15(2)13-16(18)19/h5,11-13,16,19H,6-10H2,1-4H3. The number of aliphatic hydroxyl groups is 1. The lowest BCUT2D eigenvalue weighted by atomic mass is 9.71. The van der Waals surface area contributed by atoms with Gasteiger partial charge in [-0.2, -0.15) is 0 Å². The first-order valence-electron chi connectivity index (χ1n) is 7.54. The molecule has 0 amide bonds. The molecule has 0 heterocycles. The fourth-order valence-electron chi connectivity index (χ4n) is 2.98. The Hall–Kier alpha value is -0.820. The van der Waals surface area contributed by atoms with Crippen LogP contribution >= 0.6 is 0 Å². The molecule has 1 nitrogen and oxygen atoms in total. The van der Waals surface area contributed by atoms with Crippen LogP contribution in [0.4, 0.5) is 0 Å². The highest BCUT2D eigenvalue weighted by atomic mass is 16.3. The van der Waals surface area contributed by atoms with Crippen molar-refractivity contribution in [3.05, 3.63) is 35.5 Å². The Labute approximate surface area is 118 Å². The first-order chi connectivity index (χ1) is 8.83. The lowest BCUT2D eigenvalue weighted by Crippen LogP contribution is -2.32. The molecular formula is C18H28O. The monoisotopic (exact) mass is 260 g/mol. The second kappa shape index (κ2) is 5.28. The molecule has 0 saturated heterocycles. The van der Waals surface area contributed by atoms with Crippen molar-refractivity contribution in [1.82, 2.24) is 0 Å².